The molecule has 0 saturated heterocycles. The topological polar surface area (TPSA) is 78.0 Å². The van der Waals surface area contributed by atoms with Crippen LogP contribution in [0.15, 0.2) is 28.4 Å². The average molecular weight is 396 g/mol. The molecule has 0 radical (unpaired) electrons. The fourth-order valence-electron chi connectivity index (χ4n) is 2.68. The lowest BCUT2D eigenvalue weighted by Crippen LogP contribution is -2.24. The molecule has 0 spiro atoms. The second kappa shape index (κ2) is 7.15. The fraction of sp³-hybridized carbons (Fsp3) is 0.235. The summed E-state index contributed by atoms with van der Waals surface area (Å²) >= 11 is 13.5. The van der Waals surface area contributed by atoms with E-state index < -0.39 is 0 Å². The summed E-state index contributed by atoms with van der Waals surface area (Å²) in [4.78, 5) is 29.1. The Morgan fingerprint density at radius 2 is 2.08 bits per heavy atom. The van der Waals surface area contributed by atoms with E-state index in [2.05, 4.69) is 4.98 Å². The Morgan fingerprint density at radius 3 is 2.76 bits per heavy atom. The number of hydrogen-bond donors (Lipinski definition) is 1. The summed E-state index contributed by atoms with van der Waals surface area (Å²) in [5.41, 5.74) is 6.63. The molecular weight excluding hydrogens is 381 g/mol. The lowest BCUT2D eigenvalue weighted by atomic mass is 10.1. The van der Waals surface area contributed by atoms with Gasteiger partial charge in [-0.2, -0.15) is 0 Å². The molecule has 130 valence electrons. The van der Waals surface area contributed by atoms with E-state index in [-0.39, 0.29) is 17.9 Å². The molecule has 3 rings (SSSR count). The van der Waals surface area contributed by atoms with E-state index in [1.54, 1.807) is 23.6 Å². The molecule has 25 heavy (non-hydrogen) atoms. The van der Waals surface area contributed by atoms with Gasteiger partial charge in [-0.15, -0.1) is 11.3 Å². The van der Waals surface area contributed by atoms with Gasteiger partial charge < -0.3 is 5.73 Å². The van der Waals surface area contributed by atoms with Gasteiger partial charge in [-0.1, -0.05) is 29.3 Å². The maximum atomic E-state index is 13.0. The van der Waals surface area contributed by atoms with Gasteiger partial charge in [-0.25, -0.2) is 4.98 Å². The quantitative estimate of drug-likeness (QED) is 0.708. The van der Waals surface area contributed by atoms with Crippen molar-refractivity contribution >= 4 is 50.7 Å². The van der Waals surface area contributed by atoms with Gasteiger partial charge in [0.1, 0.15) is 10.7 Å². The van der Waals surface area contributed by atoms with E-state index in [1.807, 2.05) is 11.4 Å². The normalized spacial score (nSPS) is 11.2. The third kappa shape index (κ3) is 3.56. The van der Waals surface area contributed by atoms with Gasteiger partial charge in [0, 0.05) is 23.9 Å². The van der Waals surface area contributed by atoms with Crippen molar-refractivity contribution in [2.45, 2.75) is 26.3 Å². The third-order valence-corrected chi connectivity index (χ3v) is 5.53. The first-order valence-corrected chi connectivity index (χ1v) is 9.24. The van der Waals surface area contributed by atoms with Crippen LogP contribution in [0.25, 0.3) is 21.3 Å². The van der Waals surface area contributed by atoms with Crippen molar-refractivity contribution in [2.75, 3.05) is 0 Å². The predicted octanol–water partition coefficient (Wildman–Crippen LogP) is 4.01. The number of benzene rings is 1. The first kappa shape index (κ1) is 17.9. The Hall–Kier alpha value is -1.89. The highest BCUT2D eigenvalue weighted by molar-refractivity contribution is 7.17. The molecule has 2 N–H and O–H groups in total. The number of aryl methyl sites for hydroxylation is 1. The van der Waals surface area contributed by atoms with E-state index in [0.29, 0.717) is 39.1 Å². The van der Waals surface area contributed by atoms with Crippen molar-refractivity contribution in [1.29, 1.82) is 0 Å². The molecule has 0 fully saturated rings. The molecule has 0 aliphatic carbocycles. The number of hydrogen-bond acceptors (Lipinski definition) is 4. The Morgan fingerprint density at radius 1 is 1.32 bits per heavy atom. The number of rotatable bonds is 5. The van der Waals surface area contributed by atoms with Crippen LogP contribution in [-0.2, 0) is 11.3 Å². The molecule has 3 aromatic rings. The summed E-state index contributed by atoms with van der Waals surface area (Å²) in [6.45, 7) is 2.18. The van der Waals surface area contributed by atoms with Crippen LogP contribution in [0.1, 0.15) is 18.7 Å². The van der Waals surface area contributed by atoms with Gasteiger partial charge >= 0.3 is 0 Å². The summed E-state index contributed by atoms with van der Waals surface area (Å²) < 4.78 is 1.58. The highest BCUT2D eigenvalue weighted by Crippen LogP contribution is 2.34. The van der Waals surface area contributed by atoms with Gasteiger partial charge in [0.05, 0.1) is 15.4 Å². The Bertz CT molecular complexity index is 1030. The van der Waals surface area contributed by atoms with Gasteiger partial charge in [0.2, 0.25) is 5.91 Å². The lowest BCUT2D eigenvalue weighted by Gasteiger charge is -2.09. The van der Waals surface area contributed by atoms with Crippen LogP contribution in [0.5, 0.6) is 0 Å². The largest absolute Gasteiger partial charge is 0.370 e. The number of halogens is 2. The molecule has 1 amide bonds. The molecule has 8 heteroatoms. The van der Waals surface area contributed by atoms with E-state index >= 15 is 0 Å². The molecule has 0 aliphatic rings. The van der Waals surface area contributed by atoms with Crippen LogP contribution in [0.2, 0.25) is 10.0 Å². The minimum absolute atomic E-state index is 0.130. The summed E-state index contributed by atoms with van der Waals surface area (Å²) in [7, 11) is 0. The summed E-state index contributed by atoms with van der Waals surface area (Å²) in [6, 6.07) is 5.27. The Labute approximate surface area is 158 Å². The third-order valence-electron chi connectivity index (χ3n) is 3.92. The molecule has 0 atom stereocenters. The molecule has 0 bridgehead atoms. The maximum absolute atomic E-state index is 13.0. The van der Waals surface area contributed by atoms with Crippen LogP contribution in [0.3, 0.4) is 0 Å². The van der Waals surface area contributed by atoms with Crippen molar-refractivity contribution in [3.8, 4) is 11.1 Å². The van der Waals surface area contributed by atoms with Crippen LogP contribution in [0.4, 0.5) is 0 Å². The number of carbonyl (C=O) groups is 1. The number of primary amides is 1. The number of nitrogens with two attached hydrogens (primary N) is 1. The molecular formula is C17H15Cl2N3O2S. The number of amides is 1. The van der Waals surface area contributed by atoms with Gasteiger partial charge in [0.15, 0.2) is 0 Å². The molecule has 5 nitrogen and oxygen atoms in total. The first-order valence-electron chi connectivity index (χ1n) is 7.61. The highest BCUT2D eigenvalue weighted by Gasteiger charge is 2.16. The van der Waals surface area contributed by atoms with E-state index in [9.17, 15) is 9.59 Å². The van der Waals surface area contributed by atoms with E-state index in [1.165, 1.54) is 11.3 Å². The zero-order chi connectivity index (χ0) is 18.1. The van der Waals surface area contributed by atoms with Crippen molar-refractivity contribution in [3.63, 3.8) is 0 Å². The van der Waals surface area contributed by atoms with Crippen molar-refractivity contribution in [2.24, 2.45) is 5.73 Å². The van der Waals surface area contributed by atoms with Gasteiger partial charge in [-0.05, 0) is 31.0 Å². The van der Waals surface area contributed by atoms with Crippen LogP contribution >= 0.6 is 34.5 Å². The molecule has 0 aliphatic heterocycles. The van der Waals surface area contributed by atoms with Crippen LogP contribution in [0, 0.1) is 6.92 Å². The number of carbonyl (C=O) groups excluding carboxylic acids is 1. The second-order valence-electron chi connectivity index (χ2n) is 5.64. The Kier molecular flexibility index (Phi) is 5.13. The lowest BCUT2D eigenvalue weighted by molar-refractivity contribution is -0.118. The second-order valence-corrected chi connectivity index (χ2v) is 7.32. The Balaban J connectivity index is 2.11. The monoisotopic (exact) mass is 395 g/mol. The minimum Gasteiger partial charge on any atom is -0.370 e. The summed E-state index contributed by atoms with van der Waals surface area (Å²) in [5, 5.41) is 3.34. The van der Waals surface area contributed by atoms with Gasteiger partial charge in [-0.3, -0.25) is 14.2 Å². The standard InChI is InChI=1S/C17H15Cl2N3O2S/c1-9-21-16-15(17(24)22(9)6-2-3-14(20)23)11(8-25-16)10-4-5-12(18)13(19)7-10/h4-5,7-8H,2-3,6H2,1H3,(H2,20,23). The maximum Gasteiger partial charge on any atom is 0.262 e. The SMILES string of the molecule is Cc1nc2scc(-c3ccc(Cl)c(Cl)c3)c2c(=O)n1CCCC(N)=O. The molecule has 2 heterocycles. The zero-order valence-electron chi connectivity index (χ0n) is 13.4. The average Bonchev–Trinajstić information content (AvgIpc) is 2.96. The number of nitrogens with zero attached hydrogens (tertiary/aromatic N) is 2. The summed E-state index contributed by atoms with van der Waals surface area (Å²) in [6.07, 6.45) is 0.725. The highest BCUT2D eigenvalue weighted by atomic mass is 35.5. The van der Waals surface area contributed by atoms with Crippen molar-refractivity contribution in [1.82, 2.24) is 9.55 Å². The van der Waals surface area contributed by atoms with Crippen molar-refractivity contribution in [3.05, 3.63) is 49.8 Å². The van der Waals surface area contributed by atoms with E-state index in [4.69, 9.17) is 28.9 Å². The van der Waals surface area contributed by atoms with Crippen molar-refractivity contribution < 1.29 is 4.79 Å². The minimum atomic E-state index is -0.383. The van der Waals surface area contributed by atoms with Crippen LogP contribution in [-0.4, -0.2) is 15.5 Å². The molecule has 0 unspecified atom stereocenters. The molecule has 0 saturated carbocycles. The predicted molar refractivity (Wildman–Crippen MR) is 103 cm³/mol. The number of thiophene rings is 1. The molecule has 1 aromatic carbocycles. The zero-order valence-corrected chi connectivity index (χ0v) is 15.7. The number of fused-ring (bicyclic) bond motifs is 1. The van der Waals surface area contributed by atoms with E-state index in [0.717, 1.165) is 11.1 Å². The molecule has 2 aromatic heterocycles. The smallest absolute Gasteiger partial charge is 0.262 e. The van der Waals surface area contributed by atoms with Gasteiger partial charge in [0.25, 0.3) is 5.56 Å². The van der Waals surface area contributed by atoms with Crippen LogP contribution < -0.4 is 11.3 Å². The summed E-state index contributed by atoms with van der Waals surface area (Å²) in [5.74, 6) is 0.233. The number of aromatic nitrogens is 2. The first-order chi connectivity index (χ1) is 11.9. The fourth-order valence-corrected chi connectivity index (χ4v) is 3.96.